The van der Waals surface area contributed by atoms with Crippen molar-refractivity contribution >= 4 is 5.91 Å². The fourth-order valence-corrected chi connectivity index (χ4v) is 2.11. The van der Waals surface area contributed by atoms with E-state index in [9.17, 15) is 23.1 Å². The van der Waals surface area contributed by atoms with Crippen molar-refractivity contribution in [3.8, 4) is 0 Å². The van der Waals surface area contributed by atoms with Crippen LogP contribution >= 0.6 is 0 Å². The number of amides is 1. The largest absolute Gasteiger partial charge is 0.411 e. The van der Waals surface area contributed by atoms with Crippen molar-refractivity contribution in [2.24, 2.45) is 0 Å². The zero-order chi connectivity index (χ0) is 15.9. The van der Waals surface area contributed by atoms with Crippen LogP contribution in [0.3, 0.4) is 0 Å². The van der Waals surface area contributed by atoms with Gasteiger partial charge in [-0.15, -0.1) is 0 Å². The third kappa shape index (κ3) is 7.63. The minimum absolute atomic E-state index is 0.0341. The third-order valence-corrected chi connectivity index (χ3v) is 3.39. The van der Waals surface area contributed by atoms with E-state index >= 15 is 0 Å². The Morgan fingerprint density at radius 3 is 2.43 bits per heavy atom. The maximum Gasteiger partial charge on any atom is 0.411 e. The molecule has 5 nitrogen and oxygen atoms in total. The Kier molecular flexibility index (Phi) is 7.41. The number of carbonyl (C=O) groups excluding carboxylic acids is 1. The average molecular weight is 312 g/mol. The lowest BCUT2D eigenvalue weighted by Crippen LogP contribution is -2.50. The average Bonchev–Trinajstić information content (AvgIpc) is 2.43. The van der Waals surface area contributed by atoms with Gasteiger partial charge in [-0.25, -0.2) is 0 Å². The molecule has 1 heterocycles. The van der Waals surface area contributed by atoms with Gasteiger partial charge in [0.05, 0.1) is 19.1 Å². The second kappa shape index (κ2) is 8.55. The first-order valence-electron chi connectivity index (χ1n) is 7.14. The molecule has 1 fully saturated rings. The maximum absolute atomic E-state index is 11.9. The van der Waals surface area contributed by atoms with Crippen molar-refractivity contribution in [1.82, 2.24) is 9.80 Å². The molecule has 1 atom stereocenters. The molecule has 124 valence electrons. The molecule has 1 N–H and O–H groups in total. The highest BCUT2D eigenvalue weighted by Crippen LogP contribution is 2.14. The van der Waals surface area contributed by atoms with E-state index in [0.29, 0.717) is 39.1 Å². The molecule has 0 bridgehead atoms. The molecule has 1 saturated heterocycles. The minimum atomic E-state index is -4.35. The number of hydrogen-bond donors (Lipinski definition) is 1. The van der Waals surface area contributed by atoms with E-state index in [2.05, 4.69) is 9.64 Å². The predicted molar refractivity (Wildman–Crippen MR) is 70.8 cm³/mol. The van der Waals surface area contributed by atoms with Gasteiger partial charge in [0, 0.05) is 32.7 Å². The number of hydrogen-bond acceptors (Lipinski definition) is 4. The highest BCUT2D eigenvalue weighted by molar-refractivity contribution is 5.76. The summed E-state index contributed by atoms with van der Waals surface area (Å²) in [5.41, 5.74) is 0. The molecular weight excluding hydrogens is 289 g/mol. The first-order chi connectivity index (χ1) is 9.81. The molecule has 1 amide bonds. The summed E-state index contributed by atoms with van der Waals surface area (Å²) in [5, 5.41) is 9.56. The Labute approximate surface area is 122 Å². The quantitative estimate of drug-likeness (QED) is 0.709. The van der Waals surface area contributed by atoms with Crippen LogP contribution in [0.2, 0.25) is 0 Å². The standard InChI is InChI=1S/C13H23F3N2O3/c1-2-11(19)9-17-4-6-18(7-5-17)12(20)3-8-21-10-13(14,15)16/h11,19H,2-10H2,1H3/t11-/m1/s1. The second-order valence-electron chi connectivity index (χ2n) is 5.16. The summed E-state index contributed by atoms with van der Waals surface area (Å²) in [6, 6.07) is 0. The van der Waals surface area contributed by atoms with Crippen LogP contribution in [-0.4, -0.2) is 79.0 Å². The zero-order valence-electron chi connectivity index (χ0n) is 12.2. The van der Waals surface area contributed by atoms with Crippen LogP contribution in [0.15, 0.2) is 0 Å². The van der Waals surface area contributed by atoms with Gasteiger partial charge in [0.15, 0.2) is 0 Å². The Hall–Kier alpha value is -0.860. The molecule has 0 aliphatic carbocycles. The van der Waals surface area contributed by atoms with Crippen molar-refractivity contribution in [3.63, 3.8) is 0 Å². The van der Waals surface area contributed by atoms with Gasteiger partial charge in [0.1, 0.15) is 6.61 Å². The number of aliphatic hydroxyl groups excluding tert-OH is 1. The summed E-state index contributed by atoms with van der Waals surface area (Å²) in [4.78, 5) is 15.5. The van der Waals surface area contributed by atoms with Gasteiger partial charge >= 0.3 is 6.18 Å². The van der Waals surface area contributed by atoms with Gasteiger partial charge in [-0.3, -0.25) is 9.69 Å². The van der Waals surface area contributed by atoms with Crippen molar-refractivity contribution in [2.45, 2.75) is 32.0 Å². The Balaban J connectivity index is 2.17. The molecule has 8 heteroatoms. The number of halogens is 3. The molecule has 0 saturated carbocycles. The van der Waals surface area contributed by atoms with Crippen LogP contribution in [0.4, 0.5) is 13.2 Å². The first-order valence-corrected chi connectivity index (χ1v) is 7.14. The van der Waals surface area contributed by atoms with Crippen LogP contribution < -0.4 is 0 Å². The number of ether oxygens (including phenoxy) is 1. The van der Waals surface area contributed by atoms with Gasteiger partial charge in [-0.1, -0.05) is 6.92 Å². The molecule has 21 heavy (non-hydrogen) atoms. The number of carbonyl (C=O) groups is 1. The van der Waals surface area contributed by atoms with Crippen LogP contribution in [0.5, 0.6) is 0 Å². The highest BCUT2D eigenvalue weighted by Gasteiger charge is 2.28. The summed E-state index contributed by atoms with van der Waals surface area (Å²) in [6.45, 7) is 3.39. The van der Waals surface area contributed by atoms with Gasteiger partial charge in [-0.2, -0.15) is 13.2 Å². The smallest absolute Gasteiger partial charge is 0.392 e. The molecule has 0 aromatic carbocycles. The minimum Gasteiger partial charge on any atom is -0.392 e. The summed E-state index contributed by atoms with van der Waals surface area (Å²) < 4.78 is 40.0. The van der Waals surface area contributed by atoms with E-state index in [-0.39, 0.29) is 25.0 Å². The third-order valence-electron chi connectivity index (χ3n) is 3.39. The lowest BCUT2D eigenvalue weighted by Gasteiger charge is -2.35. The number of nitrogens with zero attached hydrogens (tertiary/aromatic N) is 2. The van der Waals surface area contributed by atoms with Crippen molar-refractivity contribution < 1.29 is 27.8 Å². The highest BCUT2D eigenvalue weighted by atomic mass is 19.4. The van der Waals surface area contributed by atoms with Crippen LogP contribution in [-0.2, 0) is 9.53 Å². The molecule has 0 radical (unpaired) electrons. The van der Waals surface area contributed by atoms with Crippen molar-refractivity contribution in [2.75, 3.05) is 45.9 Å². The Morgan fingerprint density at radius 1 is 1.29 bits per heavy atom. The number of aliphatic hydroxyl groups is 1. The monoisotopic (exact) mass is 312 g/mol. The molecular formula is C13H23F3N2O3. The fourth-order valence-electron chi connectivity index (χ4n) is 2.11. The van der Waals surface area contributed by atoms with Crippen LogP contribution in [0.1, 0.15) is 19.8 Å². The summed E-state index contributed by atoms with van der Waals surface area (Å²) >= 11 is 0. The molecule has 0 unspecified atom stereocenters. The van der Waals surface area contributed by atoms with Crippen LogP contribution in [0, 0.1) is 0 Å². The molecule has 0 spiro atoms. The van der Waals surface area contributed by atoms with Crippen molar-refractivity contribution in [3.05, 3.63) is 0 Å². The number of piperazine rings is 1. The van der Waals surface area contributed by atoms with E-state index in [0.717, 1.165) is 0 Å². The topological polar surface area (TPSA) is 53.0 Å². The van der Waals surface area contributed by atoms with E-state index < -0.39 is 12.8 Å². The summed E-state index contributed by atoms with van der Waals surface area (Å²) in [5.74, 6) is -0.187. The van der Waals surface area contributed by atoms with E-state index in [1.807, 2.05) is 6.92 Å². The molecule has 1 aliphatic heterocycles. The number of rotatable bonds is 7. The van der Waals surface area contributed by atoms with Crippen molar-refractivity contribution in [1.29, 1.82) is 0 Å². The van der Waals surface area contributed by atoms with Gasteiger partial charge < -0.3 is 14.7 Å². The normalized spacial score (nSPS) is 18.8. The zero-order valence-corrected chi connectivity index (χ0v) is 12.2. The van der Waals surface area contributed by atoms with Gasteiger partial charge in [-0.05, 0) is 6.42 Å². The number of β-amino-alcohol motifs (C(OH)–C–C–N with tert-alkyl or cyclic N) is 1. The van der Waals surface area contributed by atoms with Gasteiger partial charge in [0.2, 0.25) is 5.91 Å². The number of alkyl halides is 3. The summed E-state index contributed by atoms with van der Waals surface area (Å²) in [6.07, 6.45) is -4.05. The lowest BCUT2D eigenvalue weighted by atomic mass is 10.2. The molecule has 1 rings (SSSR count). The summed E-state index contributed by atoms with van der Waals surface area (Å²) in [7, 11) is 0. The van der Waals surface area contributed by atoms with E-state index in [1.165, 1.54) is 0 Å². The first kappa shape index (κ1) is 18.2. The molecule has 1 aliphatic rings. The SMILES string of the molecule is CC[C@@H](O)CN1CCN(C(=O)CCOCC(F)(F)F)CC1. The van der Waals surface area contributed by atoms with Gasteiger partial charge in [0.25, 0.3) is 0 Å². The van der Waals surface area contributed by atoms with Crippen LogP contribution in [0.25, 0.3) is 0 Å². The Bertz CT molecular complexity index is 318. The lowest BCUT2D eigenvalue weighted by molar-refractivity contribution is -0.175. The molecule has 0 aromatic heterocycles. The fraction of sp³-hybridized carbons (Fsp3) is 0.923. The maximum atomic E-state index is 11.9. The predicted octanol–water partition coefficient (Wildman–Crippen LogP) is 0.870. The second-order valence-corrected chi connectivity index (χ2v) is 5.16. The van der Waals surface area contributed by atoms with E-state index in [1.54, 1.807) is 4.90 Å². The Morgan fingerprint density at radius 2 is 1.90 bits per heavy atom. The molecule has 0 aromatic rings. The van der Waals surface area contributed by atoms with E-state index in [4.69, 9.17) is 0 Å².